The van der Waals surface area contributed by atoms with Crippen LogP contribution < -0.4 is 4.74 Å². The molecule has 0 aromatic carbocycles. The summed E-state index contributed by atoms with van der Waals surface area (Å²) in [4.78, 5) is 15.7. The van der Waals surface area contributed by atoms with Crippen LogP contribution in [0.5, 0.6) is 5.88 Å². The van der Waals surface area contributed by atoms with Gasteiger partial charge in [0.15, 0.2) is 5.78 Å². The lowest BCUT2D eigenvalue weighted by atomic mass is 9.88. The molecular weight excluding hydrogens is 254 g/mol. The maximum atomic E-state index is 11.5. The van der Waals surface area contributed by atoms with Gasteiger partial charge in [0, 0.05) is 19.4 Å². The van der Waals surface area contributed by atoms with Crippen molar-refractivity contribution in [2.75, 3.05) is 14.2 Å². The van der Waals surface area contributed by atoms with E-state index in [4.69, 9.17) is 9.47 Å². The maximum absolute atomic E-state index is 11.5. The van der Waals surface area contributed by atoms with Crippen LogP contribution >= 0.6 is 0 Å². The topological polar surface area (TPSA) is 48.4 Å². The molecule has 2 atom stereocenters. The number of aromatic nitrogens is 1. The molecule has 4 heteroatoms. The molecule has 1 aromatic heterocycles. The average Bonchev–Trinajstić information content (AvgIpc) is 2.48. The SMILES string of the molecule is C=C(C(C)=O)[C@@H](CC)C[C@@H](OC)c1ccc(OC)nc1. The van der Waals surface area contributed by atoms with E-state index in [0.717, 1.165) is 18.4 Å². The third-order valence-electron chi connectivity index (χ3n) is 3.56. The molecule has 1 aromatic rings. The summed E-state index contributed by atoms with van der Waals surface area (Å²) in [5.41, 5.74) is 1.64. The second-order valence-corrected chi connectivity index (χ2v) is 4.78. The number of ether oxygens (including phenoxy) is 2. The van der Waals surface area contributed by atoms with Crippen molar-refractivity contribution in [1.82, 2.24) is 4.98 Å². The fourth-order valence-corrected chi connectivity index (χ4v) is 2.17. The van der Waals surface area contributed by atoms with Crippen molar-refractivity contribution < 1.29 is 14.3 Å². The zero-order chi connectivity index (χ0) is 15.1. The molecular formula is C16H23NO3. The summed E-state index contributed by atoms with van der Waals surface area (Å²) in [7, 11) is 3.25. The van der Waals surface area contributed by atoms with Crippen molar-refractivity contribution >= 4 is 5.78 Å². The number of Topliss-reactive ketones (excluding diaryl/α,β-unsaturated/α-hetero) is 1. The summed E-state index contributed by atoms with van der Waals surface area (Å²) in [5, 5.41) is 0. The van der Waals surface area contributed by atoms with Crippen molar-refractivity contribution in [3.8, 4) is 5.88 Å². The molecule has 0 unspecified atom stereocenters. The smallest absolute Gasteiger partial charge is 0.212 e. The number of pyridine rings is 1. The fraction of sp³-hybridized carbons (Fsp3) is 0.500. The molecule has 0 aliphatic rings. The second-order valence-electron chi connectivity index (χ2n) is 4.78. The molecule has 0 fully saturated rings. The van der Waals surface area contributed by atoms with Crippen LogP contribution in [0, 0.1) is 5.92 Å². The Morgan fingerprint density at radius 1 is 1.40 bits per heavy atom. The summed E-state index contributed by atoms with van der Waals surface area (Å²) >= 11 is 0. The van der Waals surface area contributed by atoms with Crippen LogP contribution in [0.4, 0.5) is 0 Å². The first-order valence-corrected chi connectivity index (χ1v) is 6.75. The van der Waals surface area contributed by atoms with E-state index >= 15 is 0 Å². The molecule has 0 amide bonds. The molecule has 0 radical (unpaired) electrons. The van der Waals surface area contributed by atoms with Crippen LogP contribution in [0.3, 0.4) is 0 Å². The maximum Gasteiger partial charge on any atom is 0.212 e. The number of hydrogen-bond acceptors (Lipinski definition) is 4. The molecule has 0 saturated heterocycles. The number of carbonyl (C=O) groups excluding carboxylic acids is 1. The van der Waals surface area contributed by atoms with Gasteiger partial charge in [-0.15, -0.1) is 0 Å². The minimum Gasteiger partial charge on any atom is -0.481 e. The Hall–Kier alpha value is -1.68. The summed E-state index contributed by atoms with van der Waals surface area (Å²) < 4.78 is 10.6. The van der Waals surface area contributed by atoms with Gasteiger partial charge in [0.25, 0.3) is 0 Å². The number of carbonyl (C=O) groups is 1. The Morgan fingerprint density at radius 3 is 2.50 bits per heavy atom. The van der Waals surface area contributed by atoms with Crippen molar-refractivity contribution in [1.29, 1.82) is 0 Å². The number of ketones is 1. The lowest BCUT2D eigenvalue weighted by Gasteiger charge is -2.22. The Kier molecular flexibility index (Phi) is 6.39. The molecule has 0 spiro atoms. The van der Waals surface area contributed by atoms with E-state index in [9.17, 15) is 4.79 Å². The summed E-state index contributed by atoms with van der Waals surface area (Å²) in [5.74, 6) is 0.739. The van der Waals surface area contributed by atoms with Gasteiger partial charge < -0.3 is 9.47 Å². The third kappa shape index (κ3) is 4.17. The first-order valence-electron chi connectivity index (χ1n) is 6.75. The van der Waals surface area contributed by atoms with E-state index in [0.29, 0.717) is 11.5 Å². The molecule has 1 rings (SSSR count). The van der Waals surface area contributed by atoms with Crippen LogP contribution in [0.1, 0.15) is 38.4 Å². The summed E-state index contributed by atoms with van der Waals surface area (Å²) in [6.45, 7) is 7.50. The highest BCUT2D eigenvalue weighted by molar-refractivity contribution is 5.93. The highest BCUT2D eigenvalue weighted by Gasteiger charge is 2.21. The van der Waals surface area contributed by atoms with Gasteiger partial charge in [-0.1, -0.05) is 13.5 Å². The van der Waals surface area contributed by atoms with Crippen molar-refractivity contribution in [3.63, 3.8) is 0 Å². The monoisotopic (exact) mass is 277 g/mol. The largest absolute Gasteiger partial charge is 0.481 e. The van der Waals surface area contributed by atoms with Crippen LogP contribution in [0.15, 0.2) is 30.5 Å². The van der Waals surface area contributed by atoms with E-state index in [2.05, 4.69) is 18.5 Å². The van der Waals surface area contributed by atoms with Gasteiger partial charge >= 0.3 is 0 Å². The minimum absolute atomic E-state index is 0.0413. The number of rotatable bonds is 8. The third-order valence-corrected chi connectivity index (χ3v) is 3.56. The first kappa shape index (κ1) is 16.4. The van der Waals surface area contributed by atoms with E-state index < -0.39 is 0 Å². The zero-order valence-corrected chi connectivity index (χ0v) is 12.7. The van der Waals surface area contributed by atoms with Gasteiger partial charge in [0.05, 0.1) is 13.2 Å². The molecule has 0 aliphatic carbocycles. The van der Waals surface area contributed by atoms with Crippen molar-refractivity contribution in [2.24, 2.45) is 5.92 Å². The lowest BCUT2D eigenvalue weighted by Crippen LogP contribution is -2.14. The highest BCUT2D eigenvalue weighted by atomic mass is 16.5. The predicted octanol–water partition coefficient (Wildman–Crippen LogP) is 3.34. The summed E-state index contributed by atoms with van der Waals surface area (Å²) in [6.07, 6.45) is 3.23. The van der Waals surface area contributed by atoms with Gasteiger partial charge in [-0.3, -0.25) is 4.79 Å². The van der Waals surface area contributed by atoms with Gasteiger partial charge in [-0.05, 0) is 42.9 Å². The number of nitrogens with zero attached hydrogens (tertiary/aromatic N) is 1. The molecule has 20 heavy (non-hydrogen) atoms. The van der Waals surface area contributed by atoms with E-state index in [1.54, 1.807) is 27.3 Å². The van der Waals surface area contributed by atoms with Gasteiger partial charge in [0.1, 0.15) is 0 Å². The van der Waals surface area contributed by atoms with Gasteiger partial charge in [-0.25, -0.2) is 4.98 Å². The van der Waals surface area contributed by atoms with E-state index in [-0.39, 0.29) is 17.8 Å². The molecule has 1 heterocycles. The minimum atomic E-state index is -0.102. The van der Waals surface area contributed by atoms with Gasteiger partial charge in [-0.2, -0.15) is 0 Å². The molecule has 0 N–H and O–H groups in total. The number of hydrogen-bond donors (Lipinski definition) is 0. The van der Waals surface area contributed by atoms with Crippen LogP contribution in [-0.2, 0) is 9.53 Å². The molecule has 0 bridgehead atoms. The molecule has 0 saturated carbocycles. The molecule has 4 nitrogen and oxygen atoms in total. The Labute approximate surface area is 120 Å². The van der Waals surface area contributed by atoms with Crippen LogP contribution in [-0.4, -0.2) is 25.0 Å². The highest BCUT2D eigenvalue weighted by Crippen LogP contribution is 2.30. The Balaban J connectivity index is 2.83. The molecule has 110 valence electrons. The second kappa shape index (κ2) is 7.80. The normalized spacial score (nSPS) is 13.6. The van der Waals surface area contributed by atoms with Gasteiger partial charge in [0.2, 0.25) is 5.88 Å². The summed E-state index contributed by atoms with van der Waals surface area (Å²) in [6, 6.07) is 3.74. The van der Waals surface area contributed by atoms with Crippen molar-refractivity contribution in [2.45, 2.75) is 32.8 Å². The van der Waals surface area contributed by atoms with Crippen LogP contribution in [0.25, 0.3) is 0 Å². The standard InChI is InChI=1S/C16H23NO3/c1-6-13(11(2)12(3)18)9-15(19-4)14-7-8-16(20-5)17-10-14/h7-8,10,13,15H,2,6,9H2,1,3-5H3/t13-,15+/m0/s1. The lowest BCUT2D eigenvalue weighted by molar-refractivity contribution is -0.114. The molecule has 0 aliphatic heterocycles. The first-order chi connectivity index (χ1) is 9.53. The van der Waals surface area contributed by atoms with Crippen molar-refractivity contribution in [3.05, 3.63) is 36.0 Å². The Morgan fingerprint density at radius 2 is 2.10 bits per heavy atom. The zero-order valence-electron chi connectivity index (χ0n) is 12.7. The fourth-order valence-electron chi connectivity index (χ4n) is 2.17. The number of methoxy groups -OCH3 is 2. The van der Waals surface area contributed by atoms with E-state index in [1.807, 2.05) is 12.1 Å². The Bertz CT molecular complexity index is 453. The number of allylic oxidation sites excluding steroid dienone is 1. The van der Waals surface area contributed by atoms with Crippen LogP contribution in [0.2, 0.25) is 0 Å². The average molecular weight is 277 g/mol. The van der Waals surface area contributed by atoms with E-state index in [1.165, 1.54) is 0 Å². The predicted molar refractivity (Wildman–Crippen MR) is 78.8 cm³/mol. The quantitative estimate of drug-likeness (QED) is 0.684.